The number of benzene rings is 1. The Labute approximate surface area is 145 Å². The van der Waals surface area contributed by atoms with E-state index >= 15 is 0 Å². The van der Waals surface area contributed by atoms with Gasteiger partial charge in [-0.05, 0) is 23.8 Å². The van der Waals surface area contributed by atoms with Gasteiger partial charge in [0.2, 0.25) is 0 Å². The van der Waals surface area contributed by atoms with Gasteiger partial charge in [-0.2, -0.15) is 15.8 Å². The summed E-state index contributed by atoms with van der Waals surface area (Å²) in [7, 11) is 3.86. The molecule has 0 amide bonds. The third-order valence-corrected chi connectivity index (χ3v) is 3.59. The maximum Gasteiger partial charge on any atom is 0.165 e. The first-order valence-electron chi connectivity index (χ1n) is 7.21. The zero-order valence-electron chi connectivity index (χ0n) is 13.8. The van der Waals surface area contributed by atoms with Gasteiger partial charge in [-0.3, -0.25) is 0 Å². The molecule has 122 valence electrons. The first kappa shape index (κ1) is 17.3. The average molecular weight is 329 g/mol. The summed E-state index contributed by atoms with van der Waals surface area (Å²) in [5.41, 5.74) is 13.4. The molecule has 0 bridgehead atoms. The quantitative estimate of drug-likeness (QED) is 0.822. The Morgan fingerprint density at radius 3 is 2.16 bits per heavy atom. The maximum atomic E-state index is 9.49. The van der Waals surface area contributed by atoms with Crippen LogP contribution in [0.1, 0.15) is 22.5 Å². The second-order valence-electron chi connectivity index (χ2n) is 5.39. The molecule has 25 heavy (non-hydrogen) atoms. The fourth-order valence-corrected chi connectivity index (χ4v) is 2.21. The van der Waals surface area contributed by atoms with Crippen LogP contribution in [-0.2, 0) is 0 Å². The van der Waals surface area contributed by atoms with Gasteiger partial charge in [-0.1, -0.05) is 12.1 Å². The average Bonchev–Trinajstić information content (AvgIpc) is 2.61. The van der Waals surface area contributed by atoms with Crippen LogP contribution in [-0.4, -0.2) is 19.1 Å². The third kappa shape index (κ3) is 3.34. The van der Waals surface area contributed by atoms with Gasteiger partial charge >= 0.3 is 0 Å². The summed E-state index contributed by atoms with van der Waals surface area (Å²) in [5.74, 6) is 0. The minimum atomic E-state index is -0.134. The number of anilines is 3. The predicted octanol–water partition coefficient (Wildman–Crippen LogP) is 2.12. The molecule has 0 saturated heterocycles. The number of aromatic nitrogens is 1. The Kier molecular flexibility index (Phi) is 4.88. The van der Waals surface area contributed by atoms with E-state index in [4.69, 9.17) is 16.7 Å². The molecule has 1 aromatic heterocycles. The van der Waals surface area contributed by atoms with Gasteiger partial charge in [-0.25, -0.2) is 4.98 Å². The first-order valence-corrected chi connectivity index (χ1v) is 7.21. The van der Waals surface area contributed by atoms with E-state index < -0.39 is 0 Å². The number of hydrogen-bond donors (Lipinski definition) is 2. The number of hydrogen-bond acceptors (Lipinski definition) is 7. The number of allylic oxidation sites excluding steroid dienone is 1. The molecule has 0 spiro atoms. The Bertz CT molecular complexity index is 965. The molecule has 2 aromatic rings. The topological polar surface area (TPSA) is 140 Å². The lowest BCUT2D eigenvalue weighted by molar-refractivity contribution is 1.13. The standard InChI is InChI=1S/C18H15N7/c1-25(2)13-5-3-11(4-6-13)7-12(8-19)18-17(23)14(9-20)16(22)15(10-21)24-18/h3-7H,22-23H2,1-2H3/b12-7+. The van der Waals surface area contributed by atoms with Crippen LogP contribution in [0.5, 0.6) is 0 Å². The Balaban J connectivity index is 2.61. The lowest BCUT2D eigenvalue weighted by atomic mass is 10.0. The number of nitrogens with two attached hydrogens (primary N) is 2. The monoisotopic (exact) mass is 329 g/mol. The van der Waals surface area contributed by atoms with E-state index in [-0.39, 0.29) is 33.9 Å². The molecule has 7 nitrogen and oxygen atoms in total. The molecule has 0 aliphatic heterocycles. The largest absolute Gasteiger partial charge is 0.396 e. The summed E-state index contributed by atoms with van der Waals surface area (Å²) in [6.45, 7) is 0. The van der Waals surface area contributed by atoms with Gasteiger partial charge in [0.25, 0.3) is 0 Å². The molecule has 2 rings (SSSR count). The summed E-state index contributed by atoms with van der Waals surface area (Å²) in [4.78, 5) is 6.01. The fourth-order valence-electron chi connectivity index (χ4n) is 2.21. The van der Waals surface area contributed by atoms with Crippen molar-refractivity contribution in [2.75, 3.05) is 30.5 Å². The zero-order chi connectivity index (χ0) is 18.6. The van der Waals surface area contributed by atoms with E-state index in [1.54, 1.807) is 6.08 Å². The van der Waals surface area contributed by atoms with Crippen molar-refractivity contribution >= 4 is 28.7 Å². The van der Waals surface area contributed by atoms with Crippen molar-refractivity contribution in [2.45, 2.75) is 0 Å². The van der Waals surface area contributed by atoms with Crippen LogP contribution >= 0.6 is 0 Å². The van der Waals surface area contributed by atoms with Gasteiger partial charge in [0, 0.05) is 19.8 Å². The van der Waals surface area contributed by atoms with Crippen LogP contribution in [0.4, 0.5) is 17.1 Å². The molecular formula is C18H15N7. The first-order chi connectivity index (χ1) is 11.9. The number of pyridine rings is 1. The normalized spacial score (nSPS) is 10.4. The summed E-state index contributed by atoms with van der Waals surface area (Å²) in [6, 6.07) is 13.2. The van der Waals surface area contributed by atoms with Crippen molar-refractivity contribution in [3.63, 3.8) is 0 Å². The number of rotatable bonds is 3. The van der Waals surface area contributed by atoms with Gasteiger partial charge in [-0.15, -0.1) is 0 Å². The smallest absolute Gasteiger partial charge is 0.165 e. The van der Waals surface area contributed by atoms with Crippen molar-refractivity contribution in [1.82, 2.24) is 4.98 Å². The van der Waals surface area contributed by atoms with Crippen LogP contribution in [0.2, 0.25) is 0 Å². The molecule has 0 unspecified atom stereocenters. The van der Waals surface area contributed by atoms with Crippen molar-refractivity contribution in [2.24, 2.45) is 0 Å². The van der Waals surface area contributed by atoms with E-state index in [0.29, 0.717) is 0 Å². The molecule has 1 aromatic carbocycles. The molecule has 0 aliphatic carbocycles. The number of nitrogen functional groups attached to an aromatic ring is 2. The van der Waals surface area contributed by atoms with E-state index in [9.17, 15) is 10.5 Å². The highest BCUT2D eigenvalue weighted by Crippen LogP contribution is 2.29. The SMILES string of the molecule is CN(C)c1ccc(/C=C(\C#N)c2nc(C#N)c(N)c(C#N)c2N)cc1. The zero-order valence-corrected chi connectivity index (χ0v) is 13.8. The lowest BCUT2D eigenvalue weighted by Crippen LogP contribution is -2.08. The highest BCUT2D eigenvalue weighted by Gasteiger charge is 2.18. The second-order valence-corrected chi connectivity index (χ2v) is 5.39. The minimum absolute atomic E-state index is 0.0169. The van der Waals surface area contributed by atoms with Crippen LogP contribution in [0, 0.1) is 34.0 Å². The molecule has 0 aliphatic rings. The summed E-state index contributed by atoms with van der Waals surface area (Å²) in [5, 5.41) is 27.8. The van der Waals surface area contributed by atoms with Crippen molar-refractivity contribution in [3.05, 3.63) is 46.8 Å². The summed E-state index contributed by atoms with van der Waals surface area (Å²) >= 11 is 0. The highest BCUT2D eigenvalue weighted by molar-refractivity contribution is 5.94. The predicted molar refractivity (Wildman–Crippen MR) is 96.7 cm³/mol. The van der Waals surface area contributed by atoms with Crippen molar-refractivity contribution in [3.8, 4) is 18.2 Å². The molecule has 0 fully saturated rings. The lowest BCUT2D eigenvalue weighted by Gasteiger charge is -2.12. The van der Waals surface area contributed by atoms with Crippen molar-refractivity contribution in [1.29, 1.82) is 15.8 Å². The van der Waals surface area contributed by atoms with E-state index in [0.717, 1.165) is 11.3 Å². The van der Waals surface area contributed by atoms with Gasteiger partial charge in [0.15, 0.2) is 5.69 Å². The Morgan fingerprint density at radius 2 is 1.68 bits per heavy atom. The van der Waals surface area contributed by atoms with Crippen LogP contribution in [0.3, 0.4) is 0 Å². The molecule has 1 heterocycles. The second kappa shape index (κ2) is 7.04. The molecule has 0 atom stereocenters. The molecule has 4 N–H and O–H groups in total. The van der Waals surface area contributed by atoms with Crippen LogP contribution in [0.15, 0.2) is 24.3 Å². The van der Waals surface area contributed by atoms with Crippen LogP contribution in [0.25, 0.3) is 11.6 Å². The highest BCUT2D eigenvalue weighted by atomic mass is 15.1. The van der Waals surface area contributed by atoms with E-state index in [1.807, 2.05) is 61.5 Å². The Morgan fingerprint density at radius 1 is 1.04 bits per heavy atom. The fraction of sp³-hybridized carbons (Fsp3) is 0.111. The molecule has 0 saturated carbocycles. The van der Waals surface area contributed by atoms with Crippen LogP contribution < -0.4 is 16.4 Å². The maximum absolute atomic E-state index is 9.49. The molecule has 0 radical (unpaired) electrons. The van der Waals surface area contributed by atoms with Gasteiger partial charge in [0.05, 0.1) is 16.9 Å². The Hall–Kier alpha value is -4.02. The summed E-state index contributed by atoms with van der Waals surface area (Å²) in [6.07, 6.45) is 1.59. The molecule has 7 heteroatoms. The number of nitriles is 3. The van der Waals surface area contributed by atoms with E-state index in [2.05, 4.69) is 4.98 Å². The molecular weight excluding hydrogens is 314 g/mol. The van der Waals surface area contributed by atoms with Gasteiger partial charge in [0.1, 0.15) is 29.5 Å². The van der Waals surface area contributed by atoms with Gasteiger partial charge < -0.3 is 16.4 Å². The van der Waals surface area contributed by atoms with Crippen molar-refractivity contribution < 1.29 is 0 Å². The minimum Gasteiger partial charge on any atom is -0.396 e. The third-order valence-electron chi connectivity index (χ3n) is 3.59. The van der Waals surface area contributed by atoms with E-state index in [1.165, 1.54) is 0 Å². The number of nitrogens with zero attached hydrogens (tertiary/aromatic N) is 5. The summed E-state index contributed by atoms with van der Waals surface area (Å²) < 4.78 is 0.